The van der Waals surface area contributed by atoms with Crippen LogP contribution in [0.2, 0.25) is 0 Å². The van der Waals surface area contributed by atoms with Gasteiger partial charge in [-0.1, -0.05) is 23.5 Å². The molecule has 0 aliphatic heterocycles. The number of non-ortho nitro benzene ring substituents is 1. The summed E-state index contributed by atoms with van der Waals surface area (Å²) in [6.07, 6.45) is 1.40. The van der Waals surface area contributed by atoms with Crippen molar-refractivity contribution in [1.29, 1.82) is 0 Å². The number of hydrogen-bond donors (Lipinski definition) is 1. The van der Waals surface area contributed by atoms with E-state index in [2.05, 4.69) is 4.98 Å². The molecular formula is C17H11N3O5S. The summed E-state index contributed by atoms with van der Waals surface area (Å²) >= 11 is 1.14. The van der Waals surface area contributed by atoms with Gasteiger partial charge in [-0.15, -0.1) is 0 Å². The van der Waals surface area contributed by atoms with Crippen molar-refractivity contribution in [3.05, 3.63) is 67.0 Å². The molecule has 1 N–H and O–H groups in total. The van der Waals surface area contributed by atoms with Crippen molar-refractivity contribution in [2.75, 3.05) is 7.11 Å². The van der Waals surface area contributed by atoms with Crippen LogP contribution in [0.4, 0.5) is 5.69 Å². The van der Waals surface area contributed by atoms with Gasteiger partial charge in [0, 0.05) is 11.6 Å². The van der Waals surface area contributed by atoms with E-state index in [0.29, 0.717) is 20.5 Å². The zero-order chi connectivity index (χ0) is 18.4. The van der Waals surface area contributed by atoms with Crippen molar-refractivity contribution in [3.8, 4) is 11.5 Å². The number of nitrogens with zero attached hydrogens (tertiary/aromatic N) is 3. The fourth-order valence-electron chi connectivity index (χ4n) is 2.74. The second-order valence-corrected chi connectivity index (χ2v) is 6.49. The minimum Gasteiger partial charge on any atom is -0.504 e. The Morgan fingerprint density at radius 3 is 2.85 bits per heavy atom. The summed E-state index contributed by atoms with van der Waals surface area (Å²) in [4.78, 5) is 28.2. The smallest absolute Gasteiger partial charge is 0.274 e. The van der Waals surface area contributed by atoms with Gasteiger partial charge in [-0.3, -0.25) is 14.9 Å². The van der Waals surface area contributed by atoms with Crippen LogP contribution in [-0.2, 0) is 0 Å². The lowest BCUT2D eigenvalue weighted by Crippen LogP contribution is -2.22. The molecule has 4 aromatic rings. The molecule has 26 heavy (non-hydrogen) atoms. The van der Waals surface area contributed by atoms with Crippen molar-refractivity contribution in [1.82, 2.24) is 9.38 Å². The summed E-state index contributed by atoms with van der Waals surface area (Å²) in [6.45, 7) is 0. The third kappa shape index (κ3) is 2.37. The van der Waals surface area contributed by atoms with E-state index in [1.165, 1.54) is 23.7 Å². The second-order valence-electron chi connectivity index (χ2n) is 5.48. The predicted molar refractivity (Wildman–Crippen MR) is 96.9 cm³/mol. The first-order valence-electron chi connectivity index (χ1n) is 7.46. The van der Waals surface area contributed by atoms with Crippen LogP contribution in [-0.4, -0.2) is 26.5 Å². The van der Waals surface area contributed by atoms with E-state index in [0.717, 1.165) is 17.4 Å². The molecule has 4 rings (SSSR count). The molecule has 0 spiro atoms. The number of phenolic OH excluding ortho intramolecular Hbond substituents is 1. The zero-order valence-electron chi connectivity index (χ0n) is 13.4. The van der Waals surface area contributed by atoms with Gasteiger partial charge in [-0.05, 0) is 18.2 Å². The van der Waals surface area contributed by atoms with Crippen molar-refractivity contribution in [2.45, 2.75) is 0 Å². The number of phenols is 1. The molecule has 0 bridgehead atoms. The number of thiazole rings is 1. The number of rotatable bonds is 3. The lowest BCUT2D eigenvalue weighted by Gasteiger charge is -2.05. The molecule has 130 valence electrons. The van der Waals surface area contributed by atoms with E-state index in [-0.39, 0.29) is 28.3 Å². The predicted octanol–water partition coefficient (Wildman–Crippen LogP) is 2.08. The number of aromatic hydroxyl groups is 1. The number of nitro groups is 1. The number of fused-ring (bicyclic) bond motifs is 3. The Kier molecular flexibility index (Phi) is 3.58. The standard InChI is InChI=1S/C17H11N3O5S/c1-25-13-8-10(20(23)24)6-9(15(13)21)7-14-16(22)19-12-5-3-2-4-11(12)18-17(19)26-14/h2-8,21H,1H3. The van der Waals surface area contributed by atoms with E-state index in [4.69, 9.17) is 4.74 Å². The van der Waals surface area contributed by atoms with E-state index in [1.54, 1.807) is 6.07 Å². The molecule has 0 aliphatic rings. The number of ether oxygens (including phenoxy) is 1. The van der Waals surface area contributed by atoms with Gasteiger partial charge in [-0.25, -0.2) is 9.38 Å². The van der Waals surface area contributed by atoms with Crippen LogP contribution in [0.3, 0.4) is 0 Å². The topological polar surface area (TPSA) is 107 Å². The van der Waals surface area contributed by atoms with Gasteiger partial charge < -0.3 is 9.84 Å². The van der Waals surface area contributed by atoms with E-state index in [1.807, 2.05) is 18.2 Å². The first-order chi connectivity index (χ1) is 12.5. The average molecular weight is 369 g/mol. The third-order valence-corrected chi connectivity index (χ3v) is 4.92. The van der Waals surface area contributed by atoms with Crippen LogP contribution in [0, 0.1) is 10.1 Å². The van der Waals surface area contributed by atoms with Gasteiger partial charge in [0.25, 0.3) is 11.2 Å². The Morgan fingerprint density at radius 1 is 1.35 bits per heavy atom. The monoisotopic (exact) mass is 369 g/mol. The SMILES string of the molecule is COc1cc([N+](=O)[O-])cc(C=c2sc3nc4ccccc4n3c2=O)c1O. The van der Waals surface area contributed by atoms with Gasteiger partial charge in [0.05, 0.1) is 33.7 Å². The quantitative estimate of drug-likeness (QED) is 0.438. The lowest BCUT2D eigenvalue weighted by molar-refractivity contribution is -0.385. The highest BCUT2D eigenvalue weighted by molar-refractivity contribution is 7.15. The zero-order valence-corrected chi connectivity index (χ0v) is 14.2. The summed E-state index contributed by atoms with van der Waals surface area (Å²) in [5.74, 6) is -0.307. The number of benzene rings is 2. The fourth-order valence-corrected chi connectivity index (χ4v) is 3.72. The molecule has 0 radical (unpaired) electrons. The number of methoxy groups -OCH3 is 1. The minimum atomic E-state index is -0.591. The van der Waals surface area contributed by atoms with Gasteiger partial charge in [0.1, 0.15) is 0 Å². The summed E-state index contributed by atoms with van der Waals surface area (Å²) < 4.78 is 6.76. The molecule has 2 aromatic heterocycles. The van der Waals surface area contributed by atoms with Crippen molar-refractivity contribution >= 4 is 39.1 Å². The molecule has 0 unspecified atom stereocenters. The Balaban J connectivity index is 2.00. The van der Waals surface area contributed by atoms with Crippen LogP contribution >= 0.6 is 11.3 Å². The summed E-state index contributed by atoms with van der Waals surface area (Å²) in [6, 6.07) is 9.58. The molecule has 2 heterocycles. The molecule has 0 fully saturated rings. The van der Waals surface area contributed by atoms with Gasteiger partial charge in [0.15, 0.2) is 16.5 Å². The molecule has 8 nitrogen and oxygen atoms in total. The summed E-state index contributed by atoms with van der Waals surface area (Å²) in [7, 11) is 1.30. The number of imidazole rings is 1. The third-order valence-electron chi connectivity index (χ3n) is 3.95. The average Bonchev–Trinajstić information content (AvgIpc) is 3.13. The number of hydrogen-bond acceptors (Lipinski definition) is 7. The normalized spacial score (nSPS) is 12.1. The van der Waals surface area contributed by atoms with Gasteiger partial charge in [0.2, 0.25) is 0 Å². The highest BCUT2D eigenvalue weighted by Crippen LogP contribution is 2.34. The Labute approximate surface area is 149 Å². The maximum absolute atomic E-state index is 12.7. The van der Waals surface area contributed by atoms with Crippen molar-refractivity contribution in [3.63, 3.8) is 0 Å². The molecule has 9 heteroatoms. The maximum atomic E-state index is 12.7. The summed E-state index contributed by atoms with van der Waals surface area (Å²) in [5.41, 5.74) is 0.974. The highest BCUT2D eigenvalue weighted by Gasteiger charge is 2.17. The summed E-state index contributed by atoms with van der Waals surface area (Å²) in [5, 5.41) is 21.3. The highest BCUT2D eigenvalue weighted by atomic mass is 32.1. The van der Waals surface area contributed by atoms with E-state index >= 15 is 0 Å². The van der Waals surface area contributed by atoms with Crippen LogP contribution in [0.5, 0.6) is 11.5 Å². The van der Waals surface area contributed by atoms with E-state index in [9.17, 15) is 20.0 Å². The number of para-hydroxylation sites is 2. The number of nitro benzene ring substituents is 1. The van der Waals surface area contributed by atoms with Crippen LogP contribution in [0.1, 0.15) is 5.56 Å². The first kappa shape index (κ1) is 16.0. The van der Waals surface area contributed by atoms with Gasteiger partial charge in [-0.2, -0.15) is 0 Å². The first-order valence-corrected chi connectivity index (χ1v) is 8.28. The van der Waals surface area contributed by atoms with Crippen LogP contribution in [0.25, 0.3) is 22.1 Å². The minimum absolute atomic E-state index is 0.0373. The Hall–Kier alpha value is -3.46. The number of aromatic nitrogens is 2. The van der Waals surface area contributed by atoms with Crippen LogP contribution < -0.4 is 14.8 Å². The molecule has 0 amide bonds. The molecule has 0 atom stereocenters. The maximum Gasteiger partial charge on any atom is 0.274 e. The lowest BCUT2D eigenvalue weighted by atomic mass is 10.1. The van der Waals surface area contributed by atoms with Gasteiger partial charge >= 0.3 is 0 Å². The van der Waals surface area contributed by atoms with Crippen molar-refractivity contribution in [2.24, 2.45) is 0 Å². The fraction of sp³-hybridized carbons (Fsp3) is 0.0588. The Bertz CT molecular complexity index is 1290. The molecule has 2 aromatic carbocycles. The van der Waals surface area contributed by atoms with Crippen LogP contribution in [0.15, 0.2) is 41.2 Å². The molecule has 0 saturated carbocycles. The molecule has 0 aliphatic carbocycles. The molecule has 0 saturated heterocycles. The van der Waals surface area contributed by atoms with Crippen molar-refractivity contribution < 1.29 is 14.8 Å². The largest absolute Gasteiger partial charge is 0.504 e. The second kappa shape index (κ2) is 5.81. The molecular weight excluding hydrogens is 358 g/mol. The van der Waals surface area contributed by atoms with E-state index < -0.39 is 4.92 Å². The Morgan fingerprint density at radius 2 is 2.12 bits per heavy atom.